The van der Waals surface area contributed by atoms with Crippen molar-refractivity contribution in [1.29, 1.82) is 0 Å². The van der Waals surface area contributed by atoms with Gasteiger partial charge in [-0.15, -0.1) is 0 Å². The Kier molecular flexibility index (Phi) is 5.24. The molecule has 0 saturated heterocycles. The maximum Gasteiger partial charge on any atom is 1.00 e. The van der Waals surface area contributed by atoms with Gasteiger partial charge in [-0.3, -0.25) is 4.55 Å². The number of hydrogen-bond donors (Lipinski definition) is 3. The Morgan fingerprint density at radius 1 is 1.29 bits per heavy atom. The molecule has 74 valence electrons. The molecule has 0 saturated carbocycles. The van der Waals surface area contributed by atoms with Gasteiger partial charge in [-0.1, -0.05) is 12.1 Å². The van der Waals surface area contributed by atoms with Crippen LogP contribution in [0.25, 0.3) is 0 Å². The molecule has 0 heterocycles. The second-order valence-corrected chi connectivity index (χ2v) is 3.84. The van der Waals surface area contributed by atoms with Crippen LogP contribution in [0.15, 0.2) is 29.2 Å². The predicted octanol–water partition coefficient (Wildman–Crippen LogP) is -2.97. The summed E-state index contributed by atoms with van der Waals surface area (Å²) in [6.07, 6.45) is -1.75. The van der Waals surface area contributed by atoms with Crippen LogP contribution < -0.4 is 29.6 Å². The molecule has 1 aromatic carbocycles. The average Bonchev–Trinajstić information content (AvgIpc) is 2.03. The summed E-state index contributed by atoms with van der Waals surface area (Å²) in [6, 6.07) is 4.78. The second-order valence-electron chi connectivity index (χ2n) is 2.42. The van der Waals surface area contributed by atoms with Crippen molar-refractivity contribution in [3.8, 4) is 0 Å². The zero-order valence-corrected chi connectivity index (χ0v) is 10.3. The summed E-state index contributed by atoms with van der Waals surface area (Å²) in [5, 5.41) is 17.4. The van der Waals surface area contributed by atoms with E-state index >= 15 is 0 Å². The molecule has 0 aliphatic carbocycles. The number of hydrogen-bond acceptors (Lipinski definition) is 4. The fraction of sp³-hybridized carbons (Fsp3) is 0.143. The van der Waals surface area contributed by atoms with E-state index in [0.717, 1.165) is 12.1 Å². The van der Waals surface area contributed by atoms with Crippen LogP contribution in [0.4, 0.5) is 0 Å². The van der Waals surface area contributed by atoms with Crippen molar-refractivity contribution in [3.63, 3.8) is 0 Å². The molecule has 0 aliphatic heterocycles. The van der Waals surface area contributed by atoms with Gasteiger partial charge in [-0.2, -0.15) is 8.42 Å². The Morgan fingerprint density at radius 3 is 2.29 bits per heavy atom. The van der Waals surface area contributed by atoms with Crippen molar-refractivity contribution in [2.45, 2.75) is 11.2 Å². The summed E-state index contributed by atoms with van der Waals surface area (Å²) in [6.45, 7) is 0. The van der Waals surface area contributed by atoms with Gasteiger partial charge in [-0.05, 0) is 12.1 Å². The third-order valence-electron chi connectivity index (χ3n) is 1.45. The van der Waals surface area contributed by atoms with Gasteiger partial charge in [0, 0.05) is 5.56 Å². The minimum absolute atomic E-state index is 0. The van der Waals surface area contributed by atoms with Crippen LogP contribution in [0.5, 0.6) is 0 Å². The first-order chi connectivity index (χ1) is 5.91. The van der Waals surface area contributed by atoms with Crippen molar-refractivity contribution in [3.05, 3.63) is 29.8 Å². The molecule has 5 nitrogen and oxygen atoms in total. The Bertz CT molecular complexity index is 406. The third-order valence-corrected chi connectivity index (χ3v) is 2.30. The molecule has 1 aromatic rings. The molecule has 14 heavy (non-hydrogen) atoms. The summed E-state index contributed by atoms with van der Waals surface area (Å²) in [5.74, 6) is 0. The predicted molar refractivity (Wildman–Crippen MR) is 44.5 cm³/mol. The second kappa shape index (κ2) is 5.22. The van der Waals surface area contributed by atoms with Gasteiger partial charge in [-0.25, -0.2) is 0 Å². The van der Waals surface area contributed by atoms with Crippen LogP contribution in [0, 0.1) is 0 Å². The van der Waals surface area contributed by atoms with E-state index in [9.17, 15) is 8.42 Å². The van der Waals surface area contributed by atoms with Crippen LogP contribution in [0.2, 0.25) is 0 Å². The summed E-state index contributed by atoms with van der Waals surface area (Å²) < 4.78 is 29.8. The Morgan fingerprint density at radius 2 is 1.86 bits per heavy atom. The van der Waals surface area contributed by atoms with E-state index in [1.165, 1.54) is 12.1 Å². The number of rotatable bonds is 2. The molecule has 0 bridgehead atoms. The zero-order valence-electron chi connectivity index (χ0n) is 8.45. The van der Waals surface area contributed by atoms with Crippen LogP contribution >= 0.6 is 0 Å². The number of benzene rings is 1. The van der Waals surface area contributed by atoms with Crippen LogP contribution in [-0.4, -0.2) is 23.2 Å². The molecule has 0 radical (unpaired) electrons. The van der Waals surface area contributed by atoms with Gasteiger partial charge >= 0.3 is 29.6 Å². The SMILES string of the molecule is O=S(=O)(O)c1cccc(C(O)O)c1.[H-].[Na+]. The van der Waals surface area contributed by atoms with Gasteiger partial charge < -0.3 is 11.6 Å². The van der Waals surface area contributed by atoms with E-state index in [-0.39, 0.29) is 41.4 Å². The molecule has 7 heteroatoms. The van der Waals surface area contributed by atoms with E-state index in [1.54, 1.807) is 0 Å². The summed E-state index contributed by atoms with van der Waals surface area (Å²) in [4.78, 5) is -0.363. The number of aliphatic hydroxyl groups is 2. The zero-order chi connectivity index (χ0) is 10.1. The summed E-state index contributed by atoms with van der Waals surface area (Å²) in [5.41, 5.74) is 0.00938. The van der Waals surface area contributed by atoms with Crippen LogP contribution in [-0.2, 0) is 10.1 Å². The Labute approximate surface area is 105 Å². The maximum atomic E-state index is 10.6. The first kappa shape index (κ1) is 14.1. The molecule has 0 amide bonds. The van der Waals surface area contributed by atoms with Crippen molar-refractivity contribution in [2.75, 3.05) is 0 Å². The molecule has 3 N–H and O–H groups in total. The topological polar surface area (TPSA) is 94.8 Å². The van der Waals surface area contributed by atoms with Gasteiger partial charge in [0.25, 0.3) is 10.1 Å². The quantitative estimate of drug-likeness (QED) is 0.285. The third kappa shape index (κ3) is 3.66. The molecule has 0 aliphatic rings. The van der Waals surface area contributed by atoms with Gasteiger partial charge in [0.15, 0.2) is 6.29 Å². The molecule has 0 atom stereocenters. The van der Waals surface area contributed by atoms with E-state index in [0.29, 0.717) is 0 Å². The van der Waals surface area contributed by atoms with E-state index in [4.69, 9.17) is 14.8 Å². The van der Waals surface area contributed by atoms with Gasteiger partial charge in [0.1, 0.15) is 0 Å². The minimum Gasteiger partial charge on any atom is -1.00 e. The summed E-state index contributed by atoms with van der Waals surface area (Å²) >= 11 is 0. The molecule has 0 aromatic heterocycles. The number of aliphatic hydroxyl groups excluding tert-OH is 1. The van der Waals surface area contributed by atoms with E-state index in [2.05, 4.69) is 0 Å². The molecule has 0 spiro atoms. The largest absolute Gasteiger partial charge is 1.00 e. The molecule has 0 unspecified atom stereocenters. The maximum absolute atomic E-state index is 10.6. The van der Waals surface area contributed by atoms with Crippen molar-refractivity contribution < 1.29 is 54.2 Å². The fourth-order valence-corrected chi connectivity index (χ4v) is 1.37. The average molecular weight is 228 g/mol. The first-order valence-corrected chi connectivity index (χ1v) is 4.79. The first-order valence-electron chi connectivity index (χ1n) is 3.35. The van der Waals surface area contributed by atoms with Crippen molar-refractivity contribution in [2.24, 2.45) is 0 Å². The van der Waals surface area contributed by atoms with Crippen LogP contribution in [0.1, 0.15) is 13.3 Å². The van der Waals surface area contributed by atoms with Crippen molar-refractivity contribution in [1.82, 2.24) is 0 Å². The molecular weight excluding hydrogens is 219 g/mol. The minimum atomic E-state index is -4.28. The normalized spacial score (nSPS) is 11.1. The standard InChI is InChI=1S/C7H8O5S.Na.H/c8-7(9)5-2-1-3-6(4-5)13(10,11)12;;/h1-4,7-9H,(H,10,11,12);;/q;+1;-1. The molecular formula is C7H9NaO5S. The Balaban J connectivity index is 0. The van der Waals surface area contributed by atoms with Gasteiger partial charge in [0.05, 0.1) is 4.90 Å². The summed E-state index contributed by atoms with van der Waals surface area (Å²) in [7, 11) is -4.28. The molecule has 1 rings (SSSR count). The van der Waals surface area contributed by atoms with Crippen molar-refractivity contribution >= 4 is 10.1 Å². The van der Waals surface area contributed by atoms with E-state index in [1.807, 2.05) is 0 Å². The fourth-order valence-electron chi connectivity index (χ4n) is 0.836. The van der Waals surface area contributed by atoms with E-state index < -0.39 is 16.4 Å². The molecule has 0 fully saturated rings. The van der Waals surface area contributed by atoms with Gasteiger partial charge in [0.2, 0.25) is 0 Å². The Hall–Kier alpha value is 0.0500. The smallest absolute Gasteiger partial charge is 1.00 e. The monoisotopic (exact) mass is 228 g/mol. The van der Waals surface area contributed by atoms with Crippen LogP contribution in [0.3, 0.4) is 0 Å².